The van der Waals surface area contributed by atoms with E-state index in [0.717, 1.165) is 18.3 Å². The van der Waals surface area contributed by atoms with Crippen molar-refractivity contribution in [3.63, 3.8) is 0 Å². The Morgan fingerprint density at radius 3 is 2.65 bits per heavy atom. The fraction of sp³-hybridized carbons (Fsp3) is 0.519. The Bertz CT molecular complexity index is 1360. The van der Waals surface area contributed by atoms with Crippen molar-refractivity contribution in [2.45, 2.75) is 45.9 Å². The number of nitrogens with one attached hydrogen (secondary N) is 1. The fourth-order valence-electron chi connectivity index (χ4n) is 4.67. The van der Waals surface area contributed by atoms with E-state index in [1.165, 1.54) is 11.7 Å². The van der Waals surface area contributed by atoms with E-state index < -0.39 is 59.0 Å². The third-order valence-electron chi connectivity index (χ3n) is 7.02. The number of carbonyl (C=O) groups excluding carboxylic acids is 2. The quantitative estimate of drug-likeness (QED) is 0.269. The van der Waals surface area contributed by atoms with E-state index in [2.05, 4.69) is 5.32 Å². The van der Waals surface area contributed by atoms with Crippen LogP contribution in [0.1, 0.15) is 53.1 Å². The molecule has 3 rings (SSSR count). The number of hydrogen-bond donors (Lipinski definition) is 2. The zero-order valence-corrected chi connectivity index (χ0v) is 23.9. The standard InChI is InChI=1S/C27H35F2N2O8P/c1-5-39-40(4,36)12-6-10-38-21-16-31-15-19(26(35)30-14-17-7-8-18(28)13-20(17)29)23(32)24(33)22(31)25(34)27(21,2)9-11-37-3/h7-8,13,15,21,33H,5-6,9-12,14,16H2,1-4H3,(H,30,35). The molecule has 1 aromatic heterocycles. The first kappa shape index (κ1) is 31.6. The summed E-state index contributed by atoms with van der Waals surface area (Å²) in [5.41, 5.74) is -2.94. The Morgan fingerprint density at radius 2 is 2.00 bits per heavy atom. The van der Waals surface area contributed by atoms with E-state index in [-0.39, 0.29) is 44.0 Å². The lowest BCUT2D eigenvalue weighted by Gasteiger charge is -2.41. The van der Waals surface area contributed by atoms with Crippen LogP contribution < -0.4 is 10.7 Å². The van der Waals surface area contributed by atoms with Gasteiger partial charge < -0.3 is 29.0 Å². The van der Waals surface area contributed by atoms with Gasteiger partial charge in [-0.3, -0.25) is 18.9 Å². The first-order chi connectivity index (χ1) is 18.8. The van der Waals surface area contributed by atoms with Gasteiger partial charge in [-0.25, -0.2) is 8.78 Å². The minimum atomic E-state index is -2.77. The van der Waals surface area contributed by atoms with Gasteiger partial charge in [0.25, 0.3) is 5.91 Å². The molecule has 0 aliphatic carbocycles. The molecule has 1 amide bonds. The maximum absolute atomic E-state index is 14.0. The lowest BCUT2D eigenvalue weighted by Crippen LogP contribution is -2.51. The fourth-order valence-corrected chi connectivity index (χ4v) is 6.05. The molecule has 10 nitrogen and oxygen atoms in total. The van der Waals surface area contributed by atoms with Gasteiger partial charge in [-0.2, -0.15) is 0 Å². The number of nitrogens with zero attached hydrogens (tertiary/aromatic N) is 1. The molecule has 3 atom stereocenters. The Hall–Kier alpha value is -2.92. The number of Topliss-reactive ketones (excluding diaryl/α,β-unsaturated/α-hetero) is 1. The monoisotopic (exact) mass is 584 g/mol. The van der Waals surface area contributed by atoms with E-state index >= 15 is 0 Å². The third kappa shape index (κ3) is 7.04. The van der Waals surface area contributed by atoms with Crippen LogP contribution >= 0.6 is 7.37 Å². The van der Waals surface area contributed by atoms with Crippen LogP contribution in [0.15, 0.2) is 29.2 Å². The van der Waals surface area contributed by atoms with E-state index in [4.69, 9.17) is 14.0 Å². The number of pyridine rings is 1. The van der Waals surface area contributed by atoms with Crippen molar-refractivity contribution >= 4 is 19.1 Å². The number of benzene rings is 1. The van der Waals surface area contributed by atoms with Gasteiger partial charge in [0, 0.05) is 57.5 Å². The molecule has 0 radical (unpaired) electrons. The van der Waals surface area contributed by atoms with E-state index in [1.807, 2.05) is 0 Å². The van der Waals surface area contributed by atoms with Crippen molar-refractivity contribution in [2.75, 3.05) is 39.8 Å². The van der Waals surface area contributed by atoms with Gasteiger partial charge in [0.1, 0.15) is 22.9 Å². The summed E-state index contributed by atoms with van der Waals surface area (Å²) in [6.07, 6.45) is 1.37. The van der Waals surface area contributed by atoms with Crippen molar-refractivity contribution < 1.29 is 42.0 Å². The molecule has 2 heterocycles. The van der Waals surface area contributed by atoms with Crippen LogP contribution in [0.3, 0.4) is 0 Å². The molecule has 3 unspecified atom stereocenters. The number of aromatic hydroxyl groups is 1. The van der Waals surface area contributed by atoms with Crippen LogP contribution in [0.4, 0.5) is 8.78 Å². The number of amides is 1. The molecule has 2 N–H and O–H groups in total. The summed E-state index contributed by atoms with van der Waals surface area (Å²) in [5, 5.41) is 13.1. The first-order valence-corrected chi connectivity index (χ1v) is 15.1. The van der Waals surface area contributed by atoms with Crippen LogP contribution in [-0.2, 0) is 31.7 Å². The van der Waals surface area contributed by atoms with Gasteiger partial charge in [0.15, 0.2) is 18.9 Å². The molecular weight excluding hydrogens is 549 g/mol. The summed E-state index contributed by atoms with van der Waals surface area (Å²) in [5.74, 6) is -3.98. The number of hydrogen-bond acceptors (Lipinski definition) is 8. The highest BCUT2D eigenvalue weighted by Crippen LogP contribution is 2.43. The van der Waals surface area contributed by atoms with Gasteiger partial charge in [0.2, 0.25) is 5.43 Å². The Labute approximate surface area is 231 Å². The van der Waals surface area contributed by atoms with Gasteiger partial charge in [-0.05, 0) is 32.8 Å². The molecule has 1 aromatic carbocycles. The second kappa shape index (κ2) is 13.2. The van der Waals surface area contributed by atoms with Crippen molar-refractivity contribution in [1.29, 1.82) is 0 Å². The summed E-state index contributed by atoms with van der Waals surface area (Å²) >= 11 is 0. The summed E-state index contributed by atoms with van der Waals surface area (Å²) in [7, 11) is -1.28. The summed E-state index contributed by atoms with van der Waals surface area (Å²) in [4.78, 5) is 39.4. The summed E-state index contributed by atoms with van der Waals surface area (Å²) < 4.78 is 57.4. The molecule has 2 aromatic rings. The van der Waals surface area contributed by atoms with Crippen LogP contribution in [0.5, 0.6) is 5.75 Å². The van der Waals surface area contributed by atoms with Crippen LogP contribution in [-0.4, -0.2) is 67.2 Å². The van der Waals surface area contributed by atoms with Gasteiger partial charge in [-0.1, -0.05) is 6.07 Å². The third-order valence-corrected chi connectivity index (χ3v) is 8.95. The molecule has 1 aliphatic heterocycles. The molecular formula is C27H35F2N2O8P. The highest BCUT2D eigenvalue weighted by atomic mass is 31.2. The van der Waals surface area contributed by atoms with Gasteiger partial charge in [-0.15, -0.1) is 0 Å². The number of aromatic nitrogens is 1. The number of rotatable bonds is 13. The van der Waals surface area contributed by atoms with Gasteiger partial charge >= 0.3 is 0 Å². The molecule has 0 spiro atoms. The minimum absolute atomic E-state index is 0.00412. The van der Waals surface area contributed by atoms with Crippen LogP contribution in [0.25, 0.3) is 0 Å². The molecule has 0 bridgehead atoms. The molecule has 0 saturated carbocycles. The largest absolute Gasteiger partial charge is 0.503 e. The molecule has 40 heavy (non-hydrogen) atoms. The molecule has 1 aliphatic rings. The van der Waals surface area contributed by atoms with Crippen molar-refractivity contribution in [3.05, 3.63) is 63.1 Å². The van der Waals surface area contributed by atoms with E-state index in [1.54, 1.807) is 20.5 Å². The topological polar surface area (TPSA) is 133 Å². The lowest BCUT2D eigenvalue weighted by atomic mass is 9.73. The highest BCUT2D eigenvalue weighted by Gasteiger charge is 2.48. The molecule has 0 saturated heterocycles. The second-order valence-electron chi connectivity index (χ2n) is 10.00. The number of ketones is 1. The molecule has 13 heteroatoms. The minimum Gasteiger partial charge on any atom is -0.503 e. The smallest absolute Gasteiger partial charge is 0.257 e. The number of carbonyl (C=O) groups is 2. The number of halogens is 2. The number of methoxy groups -OCH3 is 1. The normalized spacial score (nSPS) is 20.1. The van der Waals surface area contributed by atoms with Crippen LogP contribution in [0, 0.1) is 17.0 Å². The first-order valence-electron chi connectivity index (χ1n) is 12.9. The Balaban J connectivity index is 1.86. The highest BCUT2D eigenvalue weighted by molar-refractivity contribution is 7.58. The van der Waals surface area contributed by atoms with E-state index in [9.17, 15) is 32.8 Å². The second-order valence-corrected chi connectivity index (χ2v) is 12.7. The lowest BCUT2D eigenvalue weighted by molar-refractivity contribution is -0.0485. The summed E-state index contributed by atoms with van der Waals surface area (Å²) in [6.45, 7) is 5.37. The Morgan fingerprint density at radius 1 is 1.27 bits per heavy atom. The predicted molar refractivity (Wildman–Crippen MR) is 143 cm³/mol. The average Bonchev–Trinajstić information content (AvgIpc) is 2.89. The van der Waals surface area contributed by atoms with Gasteiger partial charge in [0.05, 0.1) is 24.7 Å². The average molecular weight is 585 g/mol. The molecule has 0 fully saturated rings. The molecule has 220 valence electrons. The zero-order chi connectivity index (χ0) is 29.7. The van der Waals surface area contributed by atoms with E-state index in [0.29, 0.717) is 25.3 Å². The van der Waals surface area contributed by atoms with Crippen molar-refractivity contribution in [3.8, 4) is 5.75 Å². The van der Waals surface area contributed by atoms with Crippen molar-refractivity contribution in [2.24, 2.45) is 5.41 Å². The number of fused-ring (bicyclic) bond motifs is 1. The van der Waals surface area contributed by atoms with Crippen molar-refractivity contribution in [1.82, 2.24) is 9.88 Å². The van der Waals surface area contributed by atoms with Crippen LogP contribution in [0.2, 0.25) is 0 Å². The predicted octanol–water partition coefficient (Wildman–Crippen LogP) is 3.72. The SMILES string of the molecule is CCOP(C)(=O)CCCOC1Cn2cc(C(=O)NCc3ccc(F)cc3F)c(=O)c(O)c2C(=O)C1(C)CCOC. The summed E-state index contributed by atoms with van der Waals surface area (Å²) in [6, 6.07) is 2.87. The zero-order valence-electron chi connectivity index (χ0n) is 23.0. The maximum Gasteiger partial charge on any atom is 0.257 e. The Kier molecular flexibility index (Phi) is 10.4. The number of ether oxygens (including phenoxy) is 2. The maximum atomic E-state index is 14.0.